The fraction of sp³-hybridized carbons (Fsp3) is 0.308. The Morgan fingerprint density at radius 2 is 2.06 bits per heavy atom. The molecule has 0 saturated heterocycles. The standard InChI is InChI=1S/C13H14FNS/c1-8(2)11-7-16-13(15-11)10-6-4-5-9(3)12(10)14/h4-8H,1-3H3. The minimum absolute atomic E-state index is 0.160. The molecular formula is C13H14FNS. The molecule has 3 heteroatoms. The van der Waals surface area contributed by atoms with Gasteiger partial charge in [-0.15, -0.1) is 11.3 Å². The van der Waals surface area contributed by atoms with Gasteiger partial charge in [-0.05, 0) is 24.5 Å². The van der Waals surface area contributed by atoms with Gasteiger partial charge in [0.15, 0.2) is 0 Å². The number of thiazole rings is 1. The van der Waals surface area contributed by atoms with Crippen molar-refractivity contribution in [1.29, 1.82) is 0 Å². The maximum atomic E-state index is 13.9. The lowest BCUT2D eigenvalue weighted by Crippen LogP contribution is -1.90. The monoisotopic (exact) mass is 235 g/mol. The highest BCUT2D eigenvalue weighted by molar-refractivity contribution is 7.13. The van der Waals surface area contributed by atoms with Crippen molar-refractivity contribution in [3.05, 3.63) is 40.7 Å². The van der Waals surface area contributed by atoms with Crippen LogP contribution in [0.15, 0.2) is 23.6 Å². The van der Waals surface area contributed by atoms with Crippen molar-refractivity contribution in [3.63, 3.8) is 0 Å². The summed E-state index contributed by atoms with van der Waals surface area (Å²) in [6, 6.07) is 5.42. The Bertz CT molecular complexity index is 502. The van der Waals surface area contributed by atoms with Gasteiger partial charge in [0, 0.05) is 10.9 Å². The van der Waals surface area contributed by atoms with Gasteiger partial charge in [-0.2, -0.15) is 0 Å². The molecule has 0 radical (unpaired) electrons. The lowest BCUT2D eigenvalue weighted by Gasteiger charge is -2.02. The van der Waals surface area contributed by atoms with Crippen LogP contribution in [0.25, 0.3) is 10.6 Å². The molecule has 0 N–H and O–H groups in total. The van der Waals surface area contributed by atoms with E-state index in [0.29, 0.717) is 17.0 Å². The van der Waals surface area contributed by atoms with Gasteiger partial charge >= 0.3 is 0 Å². The number of benzene rings is 1. The highest BCUT2D eigenvalue weighted by Crippen LogP contribution is 2.29. The molecule has 0 unspecified atom stereocenters. The number of aryl methyl sites for hydroxylation is 1. The first-order valence-electron chi connectivity index (χ1n) is 5.30. The fourth-order valence-corrected chi connectivity index (χ4v) is 2.49. The van der Waals surface area contributed by atoms with Gasteiger partial charge in [-0.1, -0.05) is 26.0 Å². The average molecular weight is 235 g/mol. The Balaban J connectivity index is 2.47. The zero-order chi connectivity index (χ0) is 11.7. The highest BCUT2D eigenvalue weighted by Gasteiger charge is 2.12. The van der Waals surface area contributed by atoms with E-state index in [4.69, 9.17) is 0 Å². The van der Waals surface area contributed by atoms with Gasteiger partial charge < -0.3 is 0 Å². The normalized spacial score (nSPS) is 11.1. The maximum absolute atomic E-state index is 13.9. The largest absolute Gasteiger partial charge is 0.241 e. The van der Waals surface area contributed by atoms with Crippen molar-refractivity contribution >= 4 is 11.3 Å². The Hall–Kier alpha value is -1.22. The predicted octanol–water partition coefficient (Wildman–Crippen LogP) is 4.38. The van der Waals surface area contributed by atoms with E-state index in [0.717, 1.165) is 10.7 Å². The molecule has 84 valence electrons. The Morgan fingerprint density at radius 1 is 1.31 bits per heavy atom. The number of hydrogen-bond donors (Lipinski definition) is 0. The second kappa shape index (κ2) is 4.34. The molecule has 0 saturated carbocycles. The molecule has 1 aromatic heterocycles. The second-order valence-corrected chi connectivity index (χ2v) is 5.03. The Kier molecular flexibility index (Phi) is 3.06. The molecule has 0 atom stereocenters. The molecule has 1 nitrogen and oxygen atoms in total. The number of rotatable bonds is 2. The molecule has 0 aliphatic heterocycles. The van der Waals surface area contributed by atoms with Crippen LogP contribution in [0.5, 0.6) is 0 Å². The molecule has 0 bridgehead atoms. The predicted molar refractivity (Wildman–Crippen MR) is 66.3 cm³/mol. The number of aromatic nitrogens is 1. The van der Waals surface area contributed by atoms with E-state index in [1.807, 2.05) is 11.4 Å². The van der Waals surface area contributed by atoms with Crippen LogP contribution in [0, 0.1) is 12.7 Å². The number of hydrogen-bond acceptors (Lipinski definition) is 2. The summed E-state index contributed by atoms with van der Waals surface area (Å²) in [4.78, 5) is 4.46. The van der Waals surface area contributed by atoms with Gasteiger partial charge in [-0.25, -0.2) is 9.37 Å². The fourth-order valence-electron chi connectivity index (χ4n) is 1.49. The zero-order valence-electron chi connectivity index (χ0n) is 9.62. The molecule has 2 aromatic rings. The van der Waals surface area contributed by atoms with Crippen LogP contribution in [0.2, 0.25) is 0 Å². The van der Waals surface area contributed by atoms with Gasteiger partial charge in [0.25, 0.3) is 0 Å². The quantitative estimate of drug-likeness (QED) is 0.752. The van der Waals surface area contributed by atoms with Crippen LogP contribution in [-0.4, -0.2) is 4.98 Å². The summed E-state index contributed by atoms with van der Waals surface area (Å²) < 4.78 is 13.9. The van der Waals surface area contributed by atoms with E-state index >= 15 is 0 Å². The molecule has 0 fully saturated rings. The minimum Gasteiger partial charge on any atom is -0.241 e. The zero-order valence-corrected chi connectivity index (χ0v) is 10.4. The van der Waals surface area contributed by atoms with Crippen molar-refractivity contribution in [2.24, 2.45) is 0 Å². The second-order valence-electron chi connectivity index (χ2n) is 4.17. The summed E-state index contributed by atoms with van der Waals surface area (Å²) >= 11 is 1.50. The third-order valence-electron chi connectivity index (χ3n) is 2.54. The number of halogens is 1. The SMILES string of the molecule is Cc1cccc(-c2nc(C(C)C)cs2)c1F. The van der Waals surface area contributed by atoms with Crippen LogP contribution in [0.3, 0.4) is 0 Å². The molecule has 16 heavy (non-hydrogen) atoms. The van der Waals surface area contributed by atoms with E-state index < -0.39 is 0 Å². The summed E-state index contributed by atoms with van der Waals surface area (Å²) in [5, 5.41) is 2.77. The van der Waals surface area contributed by atoms with E-state index in [1.54, 1.807) is 19.1 Å². The first-order valence-corrected chi connectivity index (χ1v) is 6.18. The average Bonchev–Trinajstić information content (AvgIpc) is 2.71. The third kappa shape index (κ3) is 2.00. The smallest absolute Gasteiger partial charge is 0.136 e. The lowest BCUT2D eigenvalue weighted by molar-refractivity contribution is 0.622. The summed E-state index contributed by atoms with van der Waals surface area (Å²) in [5.74, 6) is 0.227. The van der Waals surface area contributed by atoms with Crippen LogP contribution in [0.1, 0.15) is 31.0 Å². The third-order valence-corrected chi connectivity index (χ3v) is 3.43. The summed E-state index contributed by atoms with van der Waals surface area (Å²) in [5.41, 5.74) is 2.30. The van der Waals surface area contributed by atoms with Crippen molar-refractivity contribution in [3.8, 4) is 10.6 Å². The van der Waals surface area contributed by atoms with E-state index in [9.17, 15) is 4.39 Å². The molecular weight excluding hydrogens is 221 g/mol. The van der Waals surface area contributed by atoms with E-state index in [2.05, 4.69) is 18.8 Å². The topological polar surface area (TPSA) is 12.9 Å². The molecule has 2 rings (SSSR count). The van der Waals surface area contributed by atoms with Gasteiger partial charge in [-0.3, -0.25) is 0 Å². The molecule has 0 amide bonds. The minimum atomic E-state index is -0.160. The molecule has 0 aliphatic rings. The van der Waals surface area contributed by atoms with Crippen molar-refractivity contribution in [1.82, 2.24) is 4.98 Å². The lowest BCUT2D eigenvalue weighted by atomic mass is 10.1. The summed E-state index contributed by atoms with van der Waals surface area (Å²) in [6.07, 6.45) is 0. The summed E-state index contributed by atoms with van der Waals surface area (Å²) in [6.45, 7) is 5.95. The Morgan fingerprint density at radius 3 is 2.69 bits per heavy atom. The first-order chi connectivity index (χ1) is 7.59. The van der Waals surface area contributed by atoms with Crippen LogP contribution in [-0.2, 0) is 0 Å². The highest BCUT2D eigenvalue weighted by atomic mass is 32.1. The van der Waals surface area contributed by atoms with E-state index in [1.165, 1.54) is 11.3 Å². The molecule has 1 aromatic carbocycles. The Labute approximate surface area is 99.0 Å². The van der Waals surface area contributed by atoms with Gasteiger partial charge in [0.1, 0.15) is 10.8 Å². The van der Waals surface area contributed by atoms with Gasteiger partial charge in [0.2, 0.25) is 0 Å². The van der Waals surface area contributed by atoms with Crippen LogP contribution < -0.4 is 0 Å². The van der Waals surface area contributed by atoms with Crippen molar-refractivity contribution < 1.29 is 4.39 Å². The van der Waals surface area contributed by atoms with E-state index in [-0.39, 0.29) is 5.82 Å². The molecule has 1 heterocycles. The first kappa shape index (κ1) is 11.3. The molecule has 0 spiro atoms. The maximum Gasteiger partial charge on any atom is 0.136 e. The number of nitrogens with zero attached hydrogens (tertiary/aromatic N) is 1. The van der Waals surface area contributed by atoms with Crippen molar-refractivity contribution in [2.45, 2.75) is 26.7 Å². The summed E-state index contributed by atoms with van der Waals surface area (Å²) in [7, 11) is 0. The van der Waals surface area contributed by atoms with Gasteiger partial charge in [0.05, 0.1) is 5.69 Å². The van der Waals surface area contributed by atoms with Crippen LogP contribution in [0.4, 0.5) is 4.39 Å². The molecule has 0 aliphatic carbocycles. The van der Waals surface area contributed by atoms with Crippen molar-refractivity contribution in [2.75, 3.05) is 0 Å². The van der Waals surface area contributed by atoms with Crippen LogP contribution >= 0.6 is 11.3 Å².